The van der Waals surface area contributed by atoms with E-state index in [9.17, 15) is 13.6 Å². The van der Waals surface area contributed by atoms with E-state index >= 15 is 0 Å². The van der Waals surface area contributed by atoms with Crippen molar-refractivity contribution in [1.29, 1.82) is 0 Å². The van der Waals surface area contributed by atoms with E-state index < -0.39 is 23.0 Å². The van der Waals surface area contributed by atoms with Crippen LogP contribution >= 0.6 is 0 Å². The molecule has 0 aromatic rings. The highest BCUT2D eigenvalue weighted by atomic mass is 19.3. The van der Waals surface area contributed by atoms with Gasteiger partial charge < -0.3 is 15.4 Å². The van der Waals surface area contributed by atoms with Crippen LogP contribution in [0.3, 0.4) is 0 Å². The van der Waals surface area contributed by atoms with Crippen LogP contribution in [0.25, 0.3) is 0 Å². The number of amides is 1. The van der Waals surface area contributed by atoms with Crippen molar-refractivity contribution in [3.63, 3.8) is 0 Å². The van der Waals surface area contributed by atoms with E-state index in [0.29, 0.717) is 19.5 Å². The van der Waals surface area contributed by atoms with Crippen LogP contribution in [0.2, 0.25) is 0 Å². The van der Waals surface area contributed by atoms with Crippen molar-refractivity contribution < 1.29 is 18.3 Å². The average Bonchev–Trinajstić information content (AvgIpc) is 2.91. The zero-order valence-corrected chi connectivity index (χ0v) is 12.4. The number of nitrogens with zero attached hydrogens (tertiary/aromatic N) is 1. The molecule has 0 spiro atoms. The predicted molar refractivity (Wildman–Crippen MR) is 71.6 cm³/mol. The lowest BCUT2D eigenvalue weighted by Crippen LogP contribution is -2.47. The normalized spacial score (nSPS) is 32.9. The Labute approximate surface area is 118 Å². The van der Waals surface area contributed by atoms with Gasteiger partial charge in [-0.15, -0.1) is 0 Å². The number of hydrogen-bond acceptors (Lipinski definition) is 3. The quantitative estimate of drug-likeness (QED) is 0.850. The number of nitrogens with two attached hydrogens (primary N) is 1. The van der Waals surface area contributed by atoms with Gasteiger partial charge in [0.1, 0.15) is 5.60 Å². The third-order valence-corrected chi connectivity index (χ3v) is 4.36. The van der Waals surface area contributed by atoms with Gasteiger partial charge in [0.25, 0.3) is 5.92 Å². The Kier molecular flexibility index (Phi) is 3.73. The summed E-state index contributed by atoms with van der Waals surface area (Å²) in [4.78, 5) is 13.6. The number of alkyl halides is 2. The topological polar surface area (TPSA) is 55.6 Å². The molecule has 0 aromatic carbocycles. The molecule has 2 atom stereocenters. The minimum absolute atomic E-state index is 0.0210. The fourth-order valence-corrected chi connectivity index (χ4v) is 3.10. The Morgan fingerprint density at radius 2 is 2.05 bits per heavy atom. The maximum atomic E-state index is 13.6. The molecule has 20 heavy (non-hydrogen) atoms. The average molecular weight is 290 g/mol. The number of ether oxygens (including phenoxy) is 1. The lowest BCUT2D eigenvalue weighted by Gasteiger charge is -2.37. The summed E-state index contributed by atoms with van der Waals surface area (Å²) in [6.45, 7) is 6.25. The molecule has 4 nitrogen and oxygen atoms in total. The zero-order valence-electron chi connectivity index (χ0n) is 12.4. The molecule has 1 aliphatic carbocycles. The first-order valence-corrected chi connectivity index (χ1v) is 7.17. The molecule has 1 heterocycles. The van der Waals surface area contributed by atoms with Crippen LogP contribution in [-0.2, 0) is 4.74 Å². The van der Waals surface area contributed by atoms with Gasteiger partial charge in [0.2, 0.25) is 0 Å². The molecule has 2 N–H and O–H groups in total. The molecule has 0 radical (unpaired) electrons. The molecule has 6 heteroatoms. The number of halogens is 2. The van der Waals surface area contributed by atoms with Crippen LogP contribution < -0.4 is 5.73 Å². The summed E-state index contributed by atoms with van der Waals surface area (Å²) < 4.78 is 32.6. The number of likely N-dealkylation sites (tertiary alicyclic amines) is 1. The van der Waals surface area contributed by atoms with E-state index in [1.807, 2.05) is 0 Å². The maximum Gasteiger partial charge on any atom is 0.410 e. The van der Waals surface area contributed by atoms with Gasteiger partial charge in [0.15, 0.2) is 0 Å². The van der Waals surface area contributed by atoms with Gasteiger partial charge in [-0.1, -0.05) is 0 Å². The Morgan fingerprint density at radius 1 is 1.45 bits per heavy atom. The minimum Gasteiger partial charge on any atom is -0.444 e. The number of carbonyl (C=O) groups is 1. The van der Waals surface area contributed by atoms with E-state index in [-0.39, 0.29) is 18.9 Å². The van der Waals surface area contributed by atoms with E-state index in [4.69, 9.17) is 10.5 Å². The molecule has 2 aliphatic rings. The second-order valence-electron chi connectivity index (χ2n) is 7.01. The largest absolute Gasteiger partial charge is 0.444 e. The number of hydrogen-bond donors (Lipinski definition) is 1. The van der Waals surface area contributed by atoms with Crippen LogP contribution in [0.5, 0.6) is 0 Å². The summed E-state index contributed by atoms with van der Waals surface area (Å²) >= 11 is 0. The standard InChI is InChI=1S/C14H24F2N2O2/c1-12(2,3)20-11(19)18-6-4-5-10(7-18)13(9-17)8-14(13,15)16/h10H,4-9,17H2,1-3H3. The molecule has 0 bridgehead atoms. The molecule has 116 valence electrons. The van der Waals surface area contributed by atoms with E-state index in [1.165, 1.54) is 0 Å². The van der Waals surface area contributed by atoms with Gasteiger partial charge >= 0.3 is 6.09 Å². The number of rotatable bonds is 2. The van der Waals surface area contributed by atoms with E-state index in [0.717, 1.165) is 6.42 Å². The third-order valence-electron chi connectivity index (χ3n) is 4.36. The van der Waals surface area contributed by atoms with Gasteiger partial charge in [0, 0.05) is 26.1 Å². The summed E-state index contributed by atoms with van der Waals surface area (Å²) in [6, 6.07) is 0. The minimum atomic E-state index is -2.68. The highest BCUT2D eigenvalue weighted by Gasteiger charge is 2.73. The van der Waals surface area contributed by atoms with Gasteiger partial charge in [0.05, 0.1) is 5.41 Å². The van der Waals surface area contributed by atoms with Crippen molar-refractivity contribution in [3.8, 4) is 0 Å². The Morgan fingerprint density at radius 3 is 2.50 bits per heavy atom. The van der Waals surface area contributed by atoms with Crippen molar-refractivity contribution >= 4 is 6.09 Å². The monoisotopic (exact) mass is 290 g/mol. The fraction of sp³-hybridized carbons (Fsp3) is 0.929. The van der Waals surface area contributed by atoms with Crippen LogP contribution in [-0.4, -0.2) is 42.2 Å². The maximum absolute atomic E-state index is 13.6. The lowest BCUT2D eigenvalue weighted by molar-refractivity contribution is -0.00529. The molecule has 1 saturated carbocycles. The second kappa shape index (κ2) is 4.83. The molecule has 2 unspecified atom stereocenters. The first-order valence-electron chi connectivity index (χ1n) is 7.17. The molecule has 1 aliphatic heterocycles. The summed E-state index contributed by atoms with van der Waals surface area (Å²) in [5.74, 6) is -2.91. The Balaban J connectivity index is 2.01. The van der Waals surface area contributed by atoms with E-state index in [1.54, 1.807) is 25.7 Å². The molecular weight excluding hydrogens is 266 g/mol. The van der Waals surface area contributed by atoms with E-state index in [2.05, 4.69) is 0 Å². The SMILES string of the molecule is CC(C)(C)OC(=O)N1CCCC(C2(CN)CC2(F)F)C1. The second-order valence-corrected chi connectivity index (χ2v) is 7.01. The summed E-state index contributed by atoms with van der Waals surface area (Å²) in [5, 5.41) is 0. The molecule has 0 aromatic heterocycles. The van der Waals surface area contributed by atoms with Crippen LogP contribution in [0.1, 0.15) is 40.0 Å². The van der Waals surface area contributed by atoms with Crippen molar-refractivity contribution in [3.05, 3.63) is 0 Å². The Hall–Kier alpha value is -0.910. The Bertz CT molecular complexity index is 395. The van der Waals surface area contributed by atoms with Gasteiger partial charge in [-0.05, 0) is 39.5 Å². The summed E-state index contributed by atoms with van der Waals surface area (Å²) in [6.07, 6.45) is 0.857. The number of piperidine rings is 1. The molecule has 2 fully saturated rings. The molecule has 2 rings (SSSR count). The highest BCUT2D eigenvalue weighted by molar-refractivity contribution is 5.68. The van der Waals surface area contributed by atoms with Gasteiger partial charge in [-0.3, -0.25) is 0 Å². The van der Waals surface area contributed by atoms with Crippen LogP contribution in [0.15, 0.2) is 0 Å². The van der Waals surface area contributed by atoms with Crippen molar-refractivity contribution in [2.75, 3.05) is 19.6 Å². The fourth-order valence-electron chi connectivity index (χ4n) is 3.10. The number of carbonyl (C=O) groups excluding carboxylic acids is 1. The zero-order chi connectivity index (χ0) is 15.2. The van der Waals surface area contributed by atoms with Crippen molar-refractivity contribution in [1.82, 2.24) is 4.90 Å². The lowest BCUT2D eigenvalue weighted by atomic mass is 9.82. The first kappa shape index (κ1) is 15.5. The van der Waals surface area contributed by atoms with Crippen molar-refractivity contribution in [2.24, 2.45) is 17.1 Å². The molecule has 1 amide bonds. The summed E-state index contributed by atoms with van der Waals surface area (Å²) in [7, 11) is 0. The van der Waals surface area contributed by atoms with Crippen molar-refractivity contribution in [2.45, 2.75) is 51.6 Å². The van der Waals surface area contributed by atoms with Crippen LogP contribution in [0.4, 0.5) is 13.6 Å². The smallest absolute Gasteiger partial charge is 0.410 e. The van der Waals surface area contributed by atoms with Gasteiger partial charge in [-0.2, -0.15) is 0 Å². The van der Waals surface area contributed by atoms with Crippen LogP contribution in [0, 0.1) is 11.3 Å². The van der Waals surface area contributed by atoms with Gasteiger partial charge in [-0.25, -0.2) is 13.6 Å². The third kappa shape index (κ3) is 2.75. The molecule has 1 saturated heterocycles. The first-order chi connectivity index (χ1) is 9.11. The summed E-state index contributed by atoms with van der Waals surface area (Å²) in [5.41, 5.74) is 3.91. The molecular formula is C14H24F2N2O2. The predicted octanol–water partition coefficient (Wildman–Crippen LogP) is 2.62. The highest BCUT2D eigenvalue weighted by Crippen LogP contribution is 2.65.